The highest BCUT2D eigenvalue weighted by atomic mass is 19.1. The predicted octanol–water partition coefficient (Wildman–Crippen LogP) is 5.16. The van der Waals surface area contributed by atoms with Gasteiger partial charge in [0.05, 0.1) is 32.3 Å². The molecule has 1 aliphatic carbocycles. The molecule has 4 rings (SSSR count). The van der Waals surface area contributed by atoms with Crippen LogP contribution in [0.1, 0.15) is 56.1 Å². The number of methoxy groups -OCH3 is 2. The number of allylic oxidation sites excluding steroid dienone is 3. The summed E-state index contributed by atoms with van der Waals surface area (Å²) in [5, 5.41) is 3.29. The lowest BCUT2D eigenvalue weighted by Crippen LogP contribution is -2.36. The number of carbonyl (C=O) groups excluding carboxylic acids is 2. The molecule has 0 bridgehead atoms. The number of dihydropyridines is 1. The van der Waals surface area contributed by atoms with Crippen molar-refractivity contribution in [3.8, 4) is 11.5 Å². The first-order chi connectivity index (χ1) is 16.9. The van der Waals surface area contributed by atoms with Crippen molar-refractivity contribution in [2.75, 3.05) is 20.8 Å². The fraction of sp³-hybridized carbons (Fsp3) is 0.357. The average Bonchev–Trinajstić information content (AvgIpc) is 2.86. The summed E-state index contributed by atoms with van der Waals surface area (Å²) in [5.41, 5.74) is 3.22. The number of nitrogens with one attached hydrogen (secondary N) is 1. The van der Waals surface area contributed by atoms with Gasteiger partial charge in [0.2, 0.25) is 0 Å². The predicted molar refractivity (Wildman–Crippen MR) is 130 cm³/mol. The molecule has 0 unspecified atom stereocenters. The molecule has 0 fully saturated rings. The molecule has 0 aromatic heterocycles. The highest BCUT2D eigenvalue weighted by Crippen LogP contribution is 2.47. The second-order valence-corrected chi connectivity index (χ2v) is 8.79. The second kappa shape index (κ2) is 10.3. The summed E-state index contributed by atoms with van der Waals surface area (Å²) in [6.45, 7) is 3.92. The molecule has 1 N–H and O–H groups in total. The first-order valence-corrected chi connectivity index (χ1v) is 11.8. The van der Waals surface area contributed by atoms with Gasteiger partial charge in [0, 0.05) is 29.0 Å². The SMILES string of the molecule is CCCOC(=O)C1=C(C)NC2=C(C(=O)C[C@@H](c3ccc(OC)c(OC)c3)C2)[C@@H]1c1ccccc1F. The molecule has 184 valence electrons. The molecular formula is C28H30FNO5. The smallest absolute Gasteiger partial charge is 0.336 e. The van der Waals surface area contributed by atoms with Crippen LogP contribution in [-0.4, -0.2) is 32.6 Å². The lowest BCUT2D eigenvalue weighted by atomic mass is 9.71. The molecule has 0 saturated carbocycles. The van der Waals surface area contributed by atoms with E-state index in [1.165, 1.54) is 6.07 Å². The number of benzene rings is 2. The van der Waals surface area contributed by atoms with Crippen molar-refractivity contribution in [1.29, 1.82) is 0 Å². The van der Waals surface area contributed by atoms with Crippen LogP contribution in [0.5, 0.6) is 11.5 Å². The molecule has 2 atom stereocenters. The van der Waals surface area contributed by atoms with Crippen molar-refractivity contribution >= 4 is 11.8 Å². The van der Waals surface area contributed by atoms with E-state index in [-0.39, 0.29) is 30.3 Å². The van der Waals surface area contributed by atoms with Gasteiger partial charge in [-0.15, -0.1) is 0 Å². The van der Waals surface area contributed by atoms with Crippen LogP contribution in [0.25, 0.3) is 0 Å². The molecule has 6 nitrogen and oxygen atoms in total. The van der Waals surface area contributed by atoms with Gasteiger partial charge < -0.3 is 19.5 Å². The molecule has 2 aromatic rings. The van der Waals surface area contributed by atoms with Crippen LogP contribution in [0.4, 0.5) is 4.39 Å². The molecule has 1 heterocycles. The highest BCUT2D eigenvalue weighted by molar-refractivity contribution is 6.04. The van der Waals surface area contributed by atoms with E-state index in [0.717, 1.165) is 5.56 Å². The van der Waals surface area contributed by atoms with Gasteiger partial charge in [0.25, 0.3) is 0 Å². The van der Waals surface area contributed by atoms with Crippen molar-refractivity contribution in [2.45, 2.75) is 44.9 Å². The van der Waals surface area contributed by atoms with E-state index >= 15 is 4.39 Å². The Morgan fingerprint density at radius 2 is 1.83 bits per heavy atom. The molecule has 0 saturated heterocycles. The van der Waals surface area contributed by atoms with E-state index in [9.17, 15) is 9.59 Å². The van der Waals surface area contributed by atoms with Crippen LogP contribution < -0.4 is 14.8 Å². The third-order valence-corrected chi connectivity index (χ3v) is 6.58. The zero-order valence-corrected chi connectivity index (χ0v) is 20.4. The summed E-state index contributed by atoms with van der Waals surface area (Å²) in [4.78, 5) is 26.7. The molecule has 2 aromatic carbocycles. The van der Waals surface area contributed by atoms with Gasteiger partial charge in [0.1, 0.15) is 5.82 Å². The van der Waals surface area contributed by atoms with Crippen LogP contribution in [0, 0.1) is 5.82 Å². The molecule has 7 heteroatoms. The van der Waals surface area contributed by atoms with Crippen LogP contribution in [0.3, 0.4) is 0 Å². The minimum atomic E-state index is -0.823. The lowest BCUT2D eigenvalue weighted by Gasteiger charge is -2.36. The largest absolute Gasteiger partial charge is 0.493 e. The summed E-state index contributed by atoms with van der Waals surface area (Å²) in [6, 6.07) is 11.9. The Morgan fingerprint density at radius 1 is 1.09 bits per heavy atom. The van der Waals surface area contributed by atoms with Gasteiger partial charge in [-0.3, -0.25) is 4.79 Å². The number of ketones is 1. The van der Waals surface area contributed by atoms with E-state index in [4.69, 9.17) is 14.2 Å². The summed E-state index contributed by atoms with van der Waals surface area (Å²) >= 11 is 0. The van der Waals surface area contributed by atoms with Gasteiger partial charge in [0.15, 0.2) is 17.3 Å². The maximum Gasteiger partial charge on any atom is 0.336 e. The van der Waals surface area contributed by atoms with Crippen LogP contribution in [0.2, 0.25) is 0 Å². The number of hydrogen-bond donors (Lipinski definition) is 1. The van der Waals surface area contributed by atoms with Crippen molar-refractivity contribution in [3.05, 3.63) is 81.9 Å². The van der Waals surface area contributed by atoms with Gasteiger partial charge in [-0.2, -0.15) is 0 Å². The van der Waals surface area contributed by atoms with Crippen LogP contribution in [-0.2, 0) is 14.3 Å². The Hall–Kier alpha value is -3.61. The maximum absolute atomic E-state index is 15.0. The van der Waals surface area contributed by atoms with Crippen molar-refractivity contribution in [2.24, 2.45) is 0 Å². The summed E-state index contributed by atoms with van der Waals surface area (Å²) in [7, 11) is 3.15. The molecule has 2 aliphatic rings. The number of Topliss-reactive ketones (excluding diaryl/α,β-unsaturated/α-hetero) is 1. The number of esters is 1. The minimum absolute atomic E-state index is 0.101. The van der Waals surface area contributed by atoms with E-state index in [1.807, 2.05) is 25.1 Å². The van der Waals surface area contributed by atoms with Crippen molar-refractivity contribution in [1.82, 2.24) is 5.32 Å². The second-order valence-electron chi connectivity index (χ2n) is 8.79. The zero-order valence-electron chi connectivity index (χ0n) is 20.4. The number of ether oxygens (including phenoxy) is 3. The van der Waals surface area contributed by atoms with Gasteiger partial charge in [-0.1, -0.05) is 31.2 Å². The minimum Gasteiger partial charge on any atom is -0.493 e. The zero-order chi connectivity index (χ0) is 25.1. The van der Waals surface area contributed by atoms with Crippen molar-refractivity contribution in [3.63, 3.8) is 0 Å². The molecule has 0 radical (unpaired) electrons. The Balaban J connectivity index is 1.77. The number of hydrogen-bond acceptors (Lipinski definition) is 6. The Morgan fingerprint density at radius 3 is 2.51 bits per heavy atom. The number of halogens is 1. The molecule has 35 heavy (non-hydrogen) atoms. The molecule has 0 amide bonds. The van der Waals surface area contributed by atoms with Crippen LogP contribution >= 0.6 is 0 Å². The van der Waals surface area contributed by atoms with Gasteiger partial charge >= 0.3 is 5.97 Å². The standard InChI is InChI=1S/C28H30FNO5/c1-5-12-35-28(32)25-16(2)30-21-13-18(17-10-11-23(33-3)24(15-17)34-4)14-22(31)27(21)26(25)19-8-6-7-9-20(19)29/h6-11,15,18,26,30H,5,12-14H2,1-4H3/t18-,26+/m0/s1. The normalized spacial score (nSPS) is 19.7. The van der Waals surface area contributed by atoms with Crippen LogP contribution in [0.15, 0.2) is 65.0 Å². The maximum atomic E-state index is 15.0. The number of carbonyl (C=O) groups is 2. The third kappa shape index (κ3) is 4.67. The van der Waals surface area contributed by atoms with E-state index < -0.39 is 17.7 Å². The lowest BCUT2D eigenvalue weighted by molar-refractivity contribution is -0.139. The molecule has 1 aliphatic heterocycles. The Kier molecular flexibility index (Phi) is 7.24. The van der Waals surface area contributed by atoms with Crippen molar-refractivity contribution < 1.29 is 28.2 Å². The number of rotatable bonds is 7. The summed E-state index contributed by atoms with van der Waals surface area (Å²) < 4.78 is 31.2. The highest BCUT2D eigenvalue weighted by Gasteiger charge is 2.42. The molecule has 0 spiro atoms. The van der Waals surface area contributed by atoms with Gasteiger partial charge in [-0.25, -0.2) is 9.18 Å². The summed E-state index contributed by atoms with van der Waals surface area (Å²) in [5.74, 6) is -0.842. The monoisotopic (exact) mass is 479 g/mol. The van der Waals surface area contributed by atoms with E-state index in [1.54, 1.807) is 39.3 Å². The fourth-order valence-corrected chi connectivity index (χ4v) is 4.94. The van der Waals surface area contributed by atoms with E-state index in [0.29, 0.717) is 46.9 Å². The van der Waals surface area contributed by atoms with E-state index in [2.05, 4.69) is 5.32 Å². The topological polar surface area (TPSA) is 73.9 Å². The first-order valence-electron chi connectivity index (χ1n) is 11.8. The third-order valence-electron chi connectivity index (χ3n) is 6.58. The fourth-order valence-electron chi connectivity index (χ4n) is 4.94. The Bertz CT molecular complexity index is 1220. The Labute approximate surface area is 204 Å². The summed E-state index contributed by atoms with van der Waals surface area (Å²) in [6.07, 6.45) is 1.43. The average molecular weight is 480 g/mol. The quantitative estimate of drug-likeness (QED) is 0.553. The van der Waals surface area contributed by atoms with Gasteiger partial charge in [-0.05, 0) is 49.4 Å². The first kappa shape index (κ1) is 24.5. The molecular weight excluding hydrogens is 449 g/mol.